The second-order valence-electron chi connectivity index (χ2n) is 4.89. The molecule has 0 unspecified atom stereocenters. The fraction of sp³-hybridized carbons (Fsp3) is 0.600. The van der Waals surface area contributed by atoms with E-state index in [1.54, 1.807) is 11.3 Å². The van der Waals surface area contributed by atoms with Gasteiger partial charge >= 0.3 is 0 Å². The second kappa shape index (κ2) is 7.66. The minimum absolute atomic E-state index is 0.437. The Morgan fingerprint density at radius 1 is 1.21 bits per heavy atom. The number of rotatable bonds is 4. The first-order chi connectivity index (χ1) is 9.31. The number of hydrogen-bond donors (Lipinski definition) is 1. The topological polar surface area (TPSA) is 32.5 Å². The molecule has 0 aromatic carbocycles. The van der Waals surface area contributed by atoms with E-state index in [4.69, 9.17) is 5.73 Å². The molecular formula is C15H23N3S. The first-order valence-corrected chi connectivity index (χ1v) is 7.86. The molecule has 1 fully saturated rings. The van der Waals surface area contributed by atoms with E-state index in [1.165, 1.54) is 44.0 Å². The lowest BCUT2D eigenvalue weighted by Crippen LogP contribution is -2.45. The van der Waals surface area contributed by atoms with E-state index in [0.29, 0.717) is 6.54 Å². The molecule has 1 aromatic rings. The summed E-state index contributed by atoms with van der Waals surface area (Å²) in [6.45, 7) is 9.77. The van der Waals surface area contributed by atoms with Gasteiger partial charge in [-0.15, -0.1) is 11.3 Å². The molecule has 2 N–H and O–H groups in total. The van der Waals surface area contributed by atoms with Gasteiger partial charge in [0, 0.05) is 37.6 Å². The van der Waals surface area contributed by atoms with Gasteiger partial charge in [-0.05, 0) is 25.1 Å². The van der Waals surface area contributed by atoms with Gasteiger partial charge in [0.15, 0.2) is 0 Å². The highest BCUT2D eigenvalue weighted by Crippen LogP contribution is 2.18. The molecular weight excluding hydrogens is 254 g/mol. The van der Waals surface area contributed by atoms with Crippen LogP contribution in [0.2, 0.25) is 0 Å². The van der Waals surface area contributed by atoms with Gasteiger partial charge in [0.2, 0.25) is 0 Å². The third-order valence-electron chi connectivity index (χ3n) is 3.36. The number of nitrogens with zero attached hydrogens (tertiary/aromatic N) is 2. The minimum Gasteiger partial charge on any atom is -0.320 e. The Morgan fingerprint density at radius 3 is 2.63 bits per heavy atom. The standard InChI is InChI=1S/C15H23N3S/c1-2-8-17-9-11-18(12-10-17)13-15-6-5-14(19-15)4-3-7-16/h5-6H,2,7-13,16H2,1H3. The molecule has 19 heavy (non-hydrogen) atoms. The van der Waals surface area contributed by atoms with Gasteiger partial charge in [-0.3, -0.25) is 4.90 Å². The molecule has 1 aromatic heterocycles. The summed E-state index contributed by atoms with van der Waals surface area (Å²) in [6.07, 6.45) is 1.26. The maximum atomic E-state index is 5.39. The first kappa shape index (κ1) is 14.5. The predicted octanol–water partition coefficient (Wildman–Crippen LogP) is 1.59. The Labute approximate surface area is 120 Å². The maximum Gasteiger partial charge on any atom is 0.0772 e. The van der Waals surface area contributed by atoms with E-state index in [-0.39, 0.29) is 0 Å². The van der Waals surface area contributed by atoms with Crippen LogP contribution in [0.3, 0.4) is 0 Å². The van der Waals surface area contributed by atoms with Crippen molar-refractivity contribution in [3.05, 3.63) is 21.9 Å². The van der Waals surface area contributed by atoms with Crippen molar-refractivity contribution in [1.29, 1.82) is 0 Å². The fourth-order valence-corrected chi connectivity index (χ4v) is 3.30. The van der Waals surface area contributed by atoms with Crippen molar-refractivity contribution in [1.82, 2.24) is 9.80 Å². The van der Waals surface area contributed by atoms with Gasteiger partial charge in [0.05, 0.1) is 11.4 Å². The van der Waals surface area contributed by atoms with Crippen LogP contribution in [-0.4, -0.2) is 49.1 Å². The lowest BCUT2D eigenvalue weighted by molar-refractivity contribution is 0.128. The van der Waals surface area contributed by atoms with Crippen LogP contribution in [0.5, 0.6) is 0 Å². The van der Waals surface area contributed by atoms with Crippen molar-refractivity contribution in [2.45, 2.75) is 19.9 Å². The SMILES string of the molecule is CCCN1CCN(Cc2ccc(C#CCN)s2)CC1. The van der Waals surface area contributed by atoms with Crippen molar-refractivity contribution < 1.29 is 0 Å². The molecule has 0 radical (unpaired) electrons. The average molecular weight is 277 g/mol. The summed E-state index contributed by atoms with van der Waals surface area (Å²) in [4.78, 5) is 7.64. The quantitative estimate of drug-likeness (QED) is 0.848. The zero-order chi connectivity index (χ0) is 13.5. The highest BCUT2D eigenvalue weighted by atomic mass is 32.1. The highest BCUT2D eigenvalue weighted by Gasteiger charge is 2.16. The largest absolute Gasteiger partial charge is 0.320 e. The van der Waals surface area contributed by atoms with Gasteiger partial charge in [-0.1, -0.05) is 18.8 Å². The lowest BCUT2D eigenvalue weighted by Gasteiger charge is -2.34. The molecule has 2 rings (SSSR count). The maximum absolute atomic E-state index is 5.39. The van der Waals surface area contributed by atoms with Crippen molar-refractivity contribution in [2.24, 2.45) is 5.73 Å². The van der Waals surface area contributed by atoms with Crippen LogP contribution in [0, 0.1) is 11.8 Å². The molecule has 0 atom stereocenters. The molecule has 104 valence electrons. The third-order valence-corrected chi connectivity index (χ3v) is 4.34. The summed E-state index contributed by atoms with van der Waals surface area (Å²) in [5.74, 6) is 6.01. The zero-order valence-corrected chi connectivity index (χ0v) is 12.5. The van der Waals surface area contributed by atoms with Crippen LogP contribution in [0.1, 0.15) is 23.1 Å². The van der Waals surface area contributed by atoms with Crippen LogP contribution < -0.4 is 5.73 Å². The summed E-state index contributed by atoms with van der Waals surface area (Å²) in [5.41, 5.74) is 5.39. The van der Waals surface area contributed by atoms with Gasteiger partial charge in [0.1, 0.15) is 0 Å². The molecule has 0 spiro atoms. The normalized spacial score (nSPS) is 17.2. The second-order valence-corrected chi connectivity index (χ2v) is 6.06. The number of piperazine rings is 1. The van der Waals surface area contributed by atoms with Crippen molar-refractivity contribution in [2.75, 3.05) is 39.3 Å². The molecule has 0 amide bonds. The van der Waals surface area contributed by atoms with Crippen LogP contribution >= 0.6 is 11.3 Å². The van der Waals surface area contributed by atoms with E-state index in [9.17, 15) is 0 Å². The Kier molecular flexibility index (Phi) is 5.87. The molecule has 0 aliphatic carbocycles. The Balaban J connectivity index is 1.80. The van der Waals surface area contributed by atoms with Crippen molar-refractivity contribution in [3.8, 4) is 11.8 Å². The number of nitrogens with two attached hydrogens (primary N) is 1. The van der Waals surface area contributed by atoms with Crippen LogP contribution in [0.15, 0.2) is 12.1 Å². The van der Waals surface area contributed by atoms with Gasteiger partial charge in [-0.2, -0.15) is 0 Å². The van der Waals surface area contributed by atoms with E-state index in [1.807, 2.05) is 0 Å². The summed E-state index contributed by atoms with van der Waals surface area (Å²) in [6, 6.07) is 4.31. The van der Waals surface area contributed by atoms with E-state index >= 15 is 0 Å². The van der Waals surface area contributed by atoms with Crippen LogP contribution in [-0.2, 0) is 6.54 Å². The van der Waals surface area contributed by atoms with Crippen LogP contribution in [0.4, 0.5) is 0 Å². The monoisotopic (exact) mass is 277 g/mol. The number of thiophene rings is 1. The summed E-state index contributed by atoms with van der Waals surface area (Å²) in [7, 11) is 0. The van der Waals surface area contributed by atoms with E-state index in [0.717, 1.165) is 11.4 Å². The third kappa shape index (κ3) is 4.63. The number of hydrogen-bond acceptors (Lipinski definition) is 4. The van der Waals surface area contributed by atoms with Gasteiger partial charge < -0.3 is 10.6 Å². The Bertz CT molecular complexity index is 436. The molecule has 1 aliphatic rings. The molecule has 2 heterocycles. The molecule has 1 saturated heterocycles. The molecule has 4 heteroatoms. The fourth-order valence-electron chi connectivity index (χ4n) is 2.38. The minimum atomic E-state index is 0.437. The van der Waals surface area contributed by atoms with Crippen LogP contribution in [0.25, 0.3) is 0 Å². The van der Waals surface area contributed by atoms with Gasteiger partial charge in [-0.25, -0.2) is 0 Å². The van der Waals surface area contributed by atoms with Gasteiger partial charge in [0.25, 0.3) is 0 Å². The van der Waals surface area contributed by atoms with E-state index < -0.39 is 0 Å². The molecule has 3 nitrogen and oxygen atoms in total. The molecule has 1 aliphatic heterocycles. The Morgan fingerprint density at radius 2 is 1.95 bits per heavy atom. The van der Waals surface area contributed by atoms with Crippen molar-refractivity contribution in [3.63, 3.8) is 0 Å². The highest BCUT2D eigenvalue weighted by molar-refractivity contribution is 7.12. The summed E-state index contributed by atoms with van der Waals surface area (Å²) in [5, 5.41) is 0. The molecule has 0 bridgehead atoms. The average Bonchev–Trinajstić information content (AvgIpc) is 2.87. The van der Waals surface area contributed by atoms with Crippen molar-refractivity contribution >= 4 is 11.3 Å². The predicted molar refractivity (Wildman–Crippen MR) is 82.3 cm³/mol. The van der Waals surface area contributed by atoms with E-state index in [2.05, 4.69) is 40.7 Å². The lowest BCUT2D eigenvalue weighted by atomic mass is 10.3. The summed E-state index contributed by atoms with van der Waals surface area (Å²) >= 11 is 1.79. The first-order valence-electron chi connectivity index (χ1n) is 7.04. The Hall–Kier alpha value is -0.860. The summed E-state index contributed by atoms with van der Waals surface area (Å²) < 4.78 is 0. The zero-order valence-electron chi connectivity index (χ0n) is 11.7. The smallest absolute Gasteiger partial charge is 0.0772 e. The molecule has 0 saturated carbocycles.